The Morgan fingerprint density at radius 1 is 0.617 bits per heavy atom. The fourth-order valence-corrected chi connectivity index (χ4v) is 5.15. The van der Waals surface area contributed by atoms with Crippen LogP contribution in [0.3, 0.4) is 0 Å². The van der Waals surface area contributed by atoms with Gasteiger partial charge in [0, 0.05) is 58.5 Å². The van der Waals surface area contributed by atoms with Crippen LogP contribution in [-0.4, -0.2) is 188 Å². The smallest absolute Gasteiger partial charge is 0.317 e. The Morgan fingerprint density at radius 3 is 1.57 bits per heavy atom. The van der Waals surface area contributed by atoms with Crippen molar-refractivity contribution in [1.29, 1.82) is 0 Å². The van der Waals surface area contributed by atoms with E-state index in [4.69, 9.17) is 18.9 Å². The first-order valence-corrected chi connectivity index (χ1v) is 15.8. The number of rotatable bonds is 21. The Bertz CT molecular complexity index is 1080. The first-order valence-electron chi connectivity index (χ1n) is 15.8. The predicted octanol–water partition coefficient (Wildman–Crippen LogP) is -0.394. The molecule has 16 nitrogen and oxygen atoms in total. The number of hydrogen-bond acceptors (Lipinski definition) is 12. The van der Waals surface area contributed by atoms with E-state index in [1.165, 1.54) is 0 Å². The molecule has 1 aromatic rings. The Hall–Kier alpha value is -3.38. The van der Waals surface area contributed by atoms with Gasteiger partial charge in [-0.05, 0) is 31.0 Å². The Morgan fingerprint density at radius 2 is 1.06 bits per heavy atom. The van der Waals surface area contributed by atoms with Crippen LogP contribution in [0.4, 0.5) is 0 Å². The number of carboxylic acid groups (broad SMARTS) is 4. The van der Waals surface area contributed by atoms with Crippen LogP contribution in [-0.2, 0) is 39.8 Å². The molecule has 0 spiro atoms. The molecule has 1 aliphatic heterocycles. The fraction of sp³-hybridized carbons (Fsp3) is 0.677. The summed E-state index contributed by atoms with van der Waals surface area (Å²) in [5, 5.41) is 38.2. The topological polar surface area (TPSA) is 199 Å². The van der Waals surface area contributed by atoms with Gasteiger partial charge in [-0.15, -0.1) is 0 Å². The van der Waals surface area contributed by atoms with Crippen LogP contribution in [0, 0.1) is 0 Å². The summed E-state index contributed by atoms with van der Waals surface area (Å²) in [6.45, 7) is 5.67. The van der Waals surface area contributed by atoms with E-state index in [9.17, 15) is 39.6 Å². The van der Waals surface area contributed by atoms with E-state index in [-0.39, 0.29) is 72.0 Å². The van der Waals surface area contributed by atoms with Crippen molar-refractivity contribution in [3.05, 3.63) is 29.8 Å². The third-order valence-electron chi connectivity index (χ3n) is 7.41. The summed E-state index contributed by atoms with van der Waals surface area (Å²) in [7, 11) is 0. The van der Waals surface area contributed by atoms with Gasteiger partial charge in [-0.1, -0.05) is 12.1 Å². The van der Waals surface area contributed by atoms with E-state index >= 15 is 0 Å². The highest BCUT2D eigenvalue weighted by atomic mass is 16.6. The second-order valence-corrected chi connectivity index (χ2v) is 11.1. The van der Waals surface area contributed by atoms with Crippen LogP contribution in [0.1, 0.15) is 12.5 Å². The lowest BCUT2D eigenvalue weighted by Crippen LogP contribution is -2.53. The molecule has 0 radical (unpaired) electrons. The average Bonchev–Trinajstić information content (AvgIpc) is 3.00. The average molecular weight is 671 g/mol. The lowest BCUT2D eigenvalue weighted by atomic mass is 10.0. The van der Waals surface area contributed by atoms with Crippen LogP contribution in [0.5, 0.6) is 5.75 Å². The van der Waals surface area contributed by atoms with Crippen LogP contribution >= 0.6 is 0 Å². The second-order valence-electron chi connectivity index (χ2n) is 11.1. The summed E-state index contributed by atoms with van der Waals surface area (Å²) in [4.78, 5) is 53.5. The molecule has 0 unspecified atom stereocenters. The molecule has 1 aliphatic rings. The van der Waals surface area contributed by atoms with E-state index in [1.54, 1.807) is 31.7 Å². The van der Waals surface area contributed by atoms with Gasteiger partial charge in [0.15, 0.2) is 0 Å². The maximum absolute atomic E-state index is 11.9. The third-order valence-corrected chi connectivity index (χ3v) is 7.41. The van der Waals surface area contributed by atoms with Gasteiger partial charge in [0.25, 0.3) is 0 Å². The Balaban J connectivity index is 2.12. The van der Waals surface area contributed by atoms with Crippen molar-refractivity contribution in [2.45, 2.75) is 19.4 Å². The fourth-order valence-electron chi connectivity index (χ4n) is 5.15. The van der Waals surface area contributed by atoms with Gasteiger partial charge >= 0.3 is 23.9 Å². The lowest BCUT2D eigenvalue weighted by Gasteiger charge is -2.37. The molecular formula is C31H50N4O12. The van der Waals surface area contributed by atoms with E-state index in [0.717, 1.165) is 5.56 Å². The lowest BCUT2D eigenvalue weighted by molar-refractivity contribution is -0.142. The predicted molar refractivity (Wildman–Crippen MR) is 169 cm³/mol. The summed E-state index contributed by atoms with van der Waals surface area (Å²) in [5.74, 6) is -3.59. The van der Waals surface area contributed by atoms with Crippen molar-refractivity contribution in [3.8, 4) is 5.75 Å². The molecular weight excluding hydrogens is 620 g/mol. The maximum Gasteiger partial charge on any atom is 0.317 e. The van der Waals surface area contributed by atoms with Gasteiger partial charge in [-0.3, -0.25) is 38.8 Å². The summed E-state index contributed by atoms with van der Waals surface area (Å²) in [5.41, 5.74) is 0.871. The summed E-state index contributed by atoms with van der Waals surface area (Å²) < 4.78 is 21.9. The van der Waals surface area contributed by atoms with E-state index in [0.29, 0.717) is 58.4 Å². The number of benzene rings is 1. The zero-order chi connectivity index (χ0) is 34.4. The molecule has 0 saturated carbocycles. The van der Waals surface area contributed by atoms with E-state index < -0.39 is 29.9 Å². The maximum atomic E-state index is 11.9. The molecule has 0 amide bonds. The van der Waals surface area contributed by atoms with Gasteiger partial charge in [0.1, 0.15) is 12.4 Å². The van der Waals surface area contributed by atoms with Gasteiger partial charge in [0.05, 0.1) is 59.2 Å². The number of hydrogen-bond donors (Lipinski definition) is 4. The van der Waals surface area contributed by atoms with Crippen molar-refractivity contribution in [3.63, 3.8) is 0 Å². The molecule has 1 saturated heterocycles. The molecule has 1 heterocycles. The van der Waals surface area contributed by atoms with Crippen molar-refractivity contribution in [2.24, 2.45) is 0 Å². The molecule has 16 heteroatoms. The van der Waals surface area contributed by atoms with Gasteiger partial charge in [-0.25, -0.2) is 0 Å². The van der Waals surface area contributed by atoms with Crippen molar-refractivity contribution in [2.75, 3.05) is 118 Å². The molecule has 1 atom stereocenters. The second kappa shape index (κ2) is 23.0. The monoisotopic (exact) mass is 670 g/mol. The molecule has 1 fully saturated rings. The minimum absolute atomic E-state index is 0.199. The molecule has 266 valence electrons. The SMILES string of the molecule is CCOCCOCCOCCOc1ccc(C[C@H]2CN(CC(=O)O)CCN(CC(=O)O)CCN(CC(=O)O)CCN2CC(=O)O)cc1. The van der Waals surface area contributed by atoms with Crippen LogP contribution < -0.4 is 4.74 Å². The number of carboxylic acids is 4. The standard InChI is InChI=1S/C31H50N4O12/c1-2-44-13-14-45-15-16-46-17-18-47-27-5-3-25(4-6-27)19-26-20-34(23-30(40)41)10-9-32(21-28(36)37)7-8-33(22-29(38)39)11-12-35(26)24-31(42)43/h3-6,26H,2,7-24H2,1H3,(H,36,37)(H,38,39)(H,40,41)(H,42,43)/t26-/m0/s1. The number of aliphatic carboxylic acids is 4. The minimum atomic E-state index is -1.06. The van der Waals surface area contributed by atoms with Crippen molar-refractivity contribution in [1.82, 2.24) is 19.6 Å². The Labute approximate surface area is 275 Å². The molecule has 0 aromatic heterocycles. The van der Waals surface area contributed by atoms with Gasteiger partial charge < -0.3 is 39.4 Å². The van der Waals surface area contributed by atoms with Crippen molar-refractivity contribution < 1.29 is 58.6 Å². The molecule has 47 heavy (non-hydrogen) atoms. The van der Waals surface area contributed by atoms with Gasteiger partial charge in [0.2, 0.25) is 0 Å². The summed E-state index contributed by atoms with van der Waals surface area (Å²) in [6, 6.07) is 6.89. The molecule has 0 aliphatic carbocycles. The number of nitrogens with zero attached hydrogens (tertiary/aromatic N) is 4. The van der Waals surface area contributed by atoms with Gasteiger partial charge in [-0.2, -0.15) is 0 Å². The molecule has 4 N–H and O–H groups in total. The van der Waals surface area contributed by atoms with Crippen LogP contribution in [0.25, 0.3) is 0 Å². The normalized spacial score (nSPS) is 17.9. The van der Waals surface area contributed by atoms with E-state index in [1.807, 2.05) is 19.1 Å². The minimum Gasteiger partial charge on any atom is -0.491 e. The zero-order valence-electron chi connectivity index (χ0n) is 27.2. The largest absolute Gasteiger partial charge is 0.491 e. The van der Waals surface area contributed by atoms with Crippen LogP contribution in [0.15, 0.2) is 24.3 Å². The number of carbonyl (C=O) groups is 4. The van der Waals surface area contributed by atoms with E-state index in [2.05, 4.69) is 0 Å². The highest BCUT2D eigenvalue weighted by Crippen LogP contribution is 2.17. The zero-order valence-corrected chi connectivity index (χ0v) is 27.2. The highest BCUT2D eigenvalue weighted by molar-refractivity contribution is 5.70. The molecule has 0 bridgehead atoms. The summed E-state index contributed by atoms with van der Waals surface area (Å²) >= 11 is 0. The summed E-state index contributed by atoms with van der Waals surface area (Å²) in [6.07, 6.45) is 0.383. The highest BCUT2D eigenvalue weighted by Gasteiger charge is 2.27. The Kier molecular flexibility index (Phi) is 19.5. The van der Waals surface area contributed by atoms with Crippen molar-refractivity contribution >= 4 is 23.9 Å². The molecule has 1 aromatic carbocycles. The first-order chi connectivity index (χ1) is 22.5. The third kappa shape index (κ3) is 18.5. The number of ether oxygens (including phenoxy) is 4. The quantitative estimate of drug-likeness (QED) is 0.123. The first kappa shape index (κ1) is 39.8. The molecule has 2 rings (SSSR count). The van der Waals surface area contributed by atoms with Crippen LogP contribution in [0.2, 0.25) is 0 Å².